The first-order chi connectivity index (χ1) is 9.67. The second-order valence-electron chi connectivity index (χ2n) is 5.58. The summed E-state index contributed by atoms with van der Waals surface area (Å²) in [5, 5.41) is 0. The lowest BCUT2D eigenvalue weighted by Gasteiger charge is -2.35. The molecule has 1 fully saturated rings. The third kappa shape index (κ3) is 3.30. The number of hydrogen-bond acceptors (Lipinski definition) is 3. The maximum Gasteiger partial charge on any atom is 0.165 e. The first kappa shape index (κ1) is 15.3. The molecule has 0 radical (unpaired) electrons. The van der Waals surface area contributed by atoms with E-state index >= 15 is 0 Å². The van der Waals surface area contributed by atoms with E-state index in [1.54, 1.807) is 12.1 Å². The SMILES string of the molecule is COc1ccc(C(CN)N2CCCCCC2C)cc1F. The van der Waals surface area contributed by atoms with Crippen molar-refractivity contribution in [1.29, 1.82) is 0 Å². The summed E-state index contributed by atoms with van der Waals surface area (Å²) in [6.45, 7) is 3.79. The number of hydrogen-bond donors (Lipinski definition) is 1. The maximum absolute atomic E-state index is 13.9. The second-order valence-corrected chi connectivity index (χ2v) is 5.58. The van der Waals surface area contributed by atoms with Crippen molar-refractivity contribution < 1.29 is 9.13 Å². The Hall–Kier alpha value is -1.13. The zero-order valence-corrected chi connectivity index (χ0v) is 12.4. The number of likely N-dealkylation sites (tertiary alicyclic amines) is 1. The summed E-state index contributed by atoms with van der Waals surface area (Å²) in [6.07, 6.45) is 4.93. The van der Waals surface area contributed by atoms with E-state index in [0.717, 1.165) is 12.1 Å². The third-order valence-electron chi connectivity index (χ3n) is 4.29. The highest BCUT2D eigenvalue weighted by Gasteiger charge is 2.25. The maximum atomic E-state index is 13.9. The van der Waals surface area contributed by atoms with Gasteiger partial charge in [0.2, 0.25) is 0 Å². The van der Waals surface area contributed by atoms with Crippen molar-refractivity contribution in [3.63, 3.8) is 0 Å². The lowest BCUT2D eigenvalue weighted by Crippen LogP contribution is -2.39. The van der Waals surface area contributed by atoms with Gasteiger partial charge in [-0.2, -0.15) is 0 Å². The highest BCUT2D eigenvalue weighted by Crippen LogP contribution is 2.29. The van der Waals surface area contributed by atoms with Crippen molar-refractivity contribution in [3.8, 4) is 5.75 Å². The average Bonchev–Trinajstić information content (AvgIpc) is 2.65. The summed E-state index contributed by atoms with van der Waals surface area (Å²) in [4.78, 5) is 2.42. The van der Waals surface area contributed by atoms with Crippen LogP contribution in [0.1, 0.15) is 44.2 Å². The van der Waals surface area contributed by atoms with Gasteiger partial charge in [0.1, 0.15) is 0 Å². The predicted molar refractivity (Wildman–Crippen MR) is 79.4 cm³/mol. The molecule has 0 saturated carbocycles. The molecule has 1 heterocycles. The van der Waals surface area contributed by atoms with Crippen molar-refractivity contribution in [2.75, 3.05) is 20.2 Å². The van der Waals surface area contributed by atoms with Crippen LogP contribution >= 0.6 is 0 Å². The molecule has 0 aromatic heterocycles. The molecule has 2 rings (SSSR count). The summed E-state index contributed by atoms with van der Waals surface area (Å²) in [6, 6.07) is 5.76. The fourth-order valence-electron chi connectivity index (χ4n) is 3.11. The molecule has 0 spiro atoms. The zero-order chi connectivity index (χ0) is 14.5. The van der Waals surface area contributed by atoms with Crippen molar-refractivity contribution in [2.24, 2.45) is 5.73 Å². The predicted octanol–water partition coefficient (Wildman–Crippen LogP) is 3.10. The number of rotatable bonds is 4. The van der Waals surface area contributed by atoms with E-state index in [0.29, 0.717) is 12.6 Å². The van der Waals surface area contributed by atoms with E-state index in [-0.39, 0.29) is 17.6 Å². The van der Waals surface area contributed by atoms with Gasteiger partial charge in [0.15, 0.2) is 11.6 Å². The van der Waals surface area contributed by atoms with Crippen LogP contribution in [0.2, 0.25) is 0 Å². The highest BCUT2D eigenvalue weighted by atomic mass is 19.1. The minimum absolute atomic E-state index is 0.0866. The molecule has 2 atom stereocenters. The van der Waals surface area contributed by atoms with Gasteiger partial charge in [-0.15, -0.1) is 0 Å². The quantitative estimate of drug-likeness (QED) is 0.921. The van der Waals surface area contributed by atoms with E-state index in [1.807, 2.05) is 6.07 Å². The van der Waals surface area contributed by atoms with Crippen molar-refractivity contribution in [3.05, 3.63) is 29.6 Å². The molecule has 1 aromatic rings. The van der Waals surface area contributed by atoms with Crippen LogP contribution in [-0.2, 0) is 0 Å². The van der Waals surface area contributed by atoms with Crippen molar-refractivity contribution >= 4 is 0 Å². The van der Waals surface area contributed by atoms with Crippen LogP contribution in [0.15, 0.2) is 18.2 Å². The van der Waals surface area contributed by atoms with Gasteiger partial charge >= 0.3 is 0 Å². The molecule has 2 N–H and O–H groups in total. The molecule has 1 aliphatic heterocycles. The number of benzene rings is 1. The Kier molecular flexibility index (Phi) is 5.38. The van der Waals surface area contributed by atoms with E-state index < -0.39 is 0 Å². The van der Waals surface area contributed by atoms with Gasteiger partial charge in [-0.3, -0.25) is 4.90 Å². The summed E-state index contributed by atoms with van der Waals surface area (Å²) in [5.74, 6) is -0.0284. The lowest BCUT2D eigenvalue weighted by molar-refractivity contribution is 0.150. The van der Waals surface area contributed by atoms with Gasteiger partial charge in [-0.05, 0) is 44.0 Å². The summed E-state index contributed by atoms with van der Waals surface area (Å²) >= 11 is 0. The lowest BCUT2D eigenvalue weighted by atomic mass is 10.0. The molecular formula is C16H25FN2O. The minimum atomic E-state index is -0.314. The van der Waals surface area contributed by atoms with Gasteiger partial charge in [-0.1, -0.05) is 18.9 Å². The van der Waals surface area contributed by atoms with Crippen molar-refractivity contribution in [1.82, 2.24) is 4.90 Å². The number of methoxy groups -OCH3 is 1. The number of halogens is 1. The summed E-state index contributed by atoms with van der Waals surface area (Å²) in [7, 11) is 1.48. The molecule has 0 bridgehead atoms. The van der Waals surface area contributed by atoms with Crippen LogP contribution < -0.4 is 10.5 Å². The molecule has 4 heteroatoms. The Balaban J connectivity index is 2.24. The molecular weight excluding hydrogens is 255 g/mol. The molecule has 112 valence electrons. The average molecular weight is 280 g/mol. The third-order valence-corrected chi connectivity index (χ3v) is 4.29. The van der Waals surface area contributed by atoms with Gasteiger partial charge in [0.05, 0.1) is 7.11 Å². The normalized spacial score (nSPS) is 22.3. The topological polar surface area (TPSA) is 38.5 Å². The van der Waals surface area contributed by atoms with Gasteiger partial charge in [0.25, 0.3) is 0 Å². The molecule has 1 aromatic carbocycles. The Morgan fingerprint density at radius 3 is 2.85 bits per heavy atom. The fraction of sp³-hybridized carbons (Fsp3) is 0.625. The number of nitrogens with zero attached hydrogens (tertiary/aromatic N) is 1. The molecule has 20 heavy (non-hydrogen) atoms. The van der Waals surface area contributed by atoms with Crippen LogP contribution in [0, 0.1) is 5.82 Å². The van der Waals surface area contributed by atoms with Gasteiger partial charge in [0, 0.05) is 18.6 Å². The first-order valence-electron chi connectivity index (χ1n) is 7.46. The first-order valence-corrected chi connectivity index (χ1v) is 7.46. The van der Waals surface area contributed by atoms with E-state index in [2.05, 4.69) is 11.8 Å². The molecule has 1 saturated heterocycles. The van der Waals surface area contributed by atoms with Gasteiger partial charge in [-0.25, -0.2) is 4.39 Å². The monoisotopic (exact) mass is 280 g/mol. The number of ether oxygens (including phenoxy) is 1. The minimum Gasteiger partial charge on any atom is -0.494 e. The Bertz CT molecular complexity index is 438. The van der Waals surface area contributed by atoms with Crippen molar-refractivity contribution in [2.45, 2.75) is 44.7 Å². The Labute approximate surface area is 120 Å². The molecule has 3 nitrogen and oxygen atoms in total. The van der Waals surface area contributed by atoms with E-state index in [1.165, 1.54) is 32.8 Å². The highest BCUT2D eigenvalue weighted by molar-refractivity contribution is 5.31. The van der Waals surface area contributed by atoms with Crippen LogP contribution in [0.4, 0.5) is 4.39 Å². The Morgan fingerprint density at radius 2 is 2.20 bits per heavy atom. The molecule has 2 unspecified atom stereocenters. The van der Waals surface area contributed by atoms with Crippen LogP contribution in [0.25, 0.3) is 0 Å². The summed E-state index contributed by atoms with van der Waals surface area (Å²) < 4.78 is 18.9. The molecule has 0 aliphatic carbocycles. The smallest absolute Gasteiger partial charge is 0.165 e. The van der Waals surface area contributed by atoms with Crippen LogP contribution in [0.5, 0.6) is 5.75 Å². The standard InChI is InChI=1S/C16H25FN2O/c1-12-6-4-3-5-9-19(12)15(11-18)13-7-8-16(20-2)14(17)10-13/h7-8,10,12,15H,3-6,9,11,18H2,1-2H3. The van der Waals surface area contributed by atoms with Gasteiger partial charge < -0.3 is 10.5 Å². The zero-order valence-electron chi connectivity index (χ0n) is 12.4. The number of nitrogens with two attached hydrogens (primary N) is 1. The van der Waals surface area contributed by atoms with Crippen LogP contribution in [-0.4, -0.2) is 31.1 Å². The van der Waals surface area contributed by atoms with E-state index in [4.69, 9.17) is 10.5 Å². The largest absolute Gasteiger partial charge is 0.494 e. The molecule has 0 amide bonds. The van der Waals surface area contributed by atoms with E-state index in [9.17, 15) is 4.39 Å². The fourth-order valence-corrected chi connectivity index (χ4v) is 3.11. The summed E-state index contributed by atoms with van der Waals surface area (Å²) in [5.41, 5.74) is 6.92. The van der Waals surface area contributed by atoms with Crippen LogP contribution in [0.3, 0.4) is 0 Å². The Morgan fingerprint density at radius 1 is 1.40 bits per heavy atom. The second kappa shape index (κ2) is 7.04. The molecule has 1 aliphatic rings.